The summed E-state index contributed by atoms with van der Waals surface area (Å²) in [6.45, 7) is 3.14. The second-order valence-corrected chi connectivity index (χ2v) is 7.38. The average molecular weight is 424 g/mol. The maximum absolute atomic E-state index is 12.4. The van der Waals surface area contributed by atoms with Crippen molar-refractivity contribution in [2.24, 2.45) is 0 Å². The van der Waals surface area contributed by atoms with Crippen LogP contribution in [0.4, 0.5) is 0 Å². The molecule has 152 valence electrons. The number of amides is 1. The summed E-state index contributed by atoms with van der Waals surface area (Å²) >= 11 is 12.6. The third-order valence-electron chi connectivity index (χ3n) is 4.37. The molecule has 1 N–H and O–H groups in total. The summed E-state index contributed by atoms with van der Waals surface area (Å²) in [5, 5.41) is 3.55. The van der Waals surface area contributed by atoms with Gasteiger partial charge in [-0.05, 0) is 36.2 Å². The van der Waals surface area contributed by atoms with Crippen LogP contribution >= 0.6 is 23.2 Å². The van der Waals surface area contributed by atoms with Crippen LogP contribution < -0.4 is 14.8 Å². The van der Waals surface area contributed by atoms with Crippen LogP contribution in [0.25, 0.3) is 0 Å². The first kappa shape index (κ1) is 22.4. The van der Waals surface area contributed by atoms with Crippen LogP contribution in [0.3, 0.4) is 0 Å². The molecule has 0 aliphatic heterocycles. The average Bonchev–Trinajstić information content (AvgIpc) is 2.70. The molecule has 0 heterocycles. The lowest BCUT2D eigenvalue weighted by molar-refractivity contribution is 0.0951. The van der Waals surface area contributed by atoms with Crippen LogP contribution in [0.2, 0.25) is 10.0 Å². The number of carbonyl (C=O) groups is 1. The lowest BCUT2D eigenvalue weighted by atomic mass is 10.1. The van der Waals surface area contributed by atoms with E-state index in [-0.39, 0.29) is 5.91 Å². The largest absolute Gasteiger partial charge is 0.497 e. The van der Waals surface area contributed by atoms with E-state index >= 15 is 0 Å². The number of methoxy groups -OCH3 is 1. The van der Waals surface area contributed by atoms with Gasteiger partial charge >= 0.3 is 0 Å². The van der Waals surface area contributed by atoms with Crippen molar-refractivity contribution >= 4 is 29.1 Å². The summed E-state index contributed by atoms with van der Waals surface area (Å²) in [6.07, 6.45) is 5.72. The van der Waals surface area contributed by atoms with E-state index in [1.165, 1.54) is 19.3 Å². The number of carbonyl (C=O) groups excluding carboxylic acids is 1. The third-order valence-corrected chi connectivity index (χ3v) is 4.93. The van der Waals surface area contributed by atoms with Crippen molar-refractivity contribution in [1.82, 2.24) is 5.32 Å². The van der Waals surface area contributed by atoms with Gasteiger partial charge in [0.15, 0.2) is 5.75 Å². The molecule has 0 spiro atoms. The van der Waals surface area contributed by atoms with Crippen LogP contribution in [0.5, 0.6) is 11.5 Å². The lowest BCUT2D eigenvalue weighted by Gasteiger charge is -2.12. The Balaban J connectivity index is 1.89. The Morgan fingerprint density at radius 2 is 1.64 bits per heavy atom. The molecular formula is C22H27Cl2NO3. The lowest BCUT2D eigenvalue weighted by Crippen LogP contribution is -2.22. The van der Waals surface area contributed by atoms with E-state index in [0.29, 0.717) is 34.5 Å². The van der Waals surface area contributed by atoms with Crippen LogP contribution in [-0.2, 0) is 6.54 Å². The number of unbranched alkanes of at least 4 members (excludes halogenated alkanes) is 4. The first-order valence-corrected chi connectivity index (χ1v) is 10.3. The molecule has 6 heteroatoms. The van der Waals surface area contributed by atoms with Gasteiger partial charge in [-0.2, -0.15) is 0 Å². The Morgan fingerprint density at radius 3 is 2.25 bits per heavy atom. The van der Waals surface area contributed by atoms with Gasteiger partial charge in [-0.25, -0.2) is 0 Å². The highest BCUT2D eigenvalue weighted by Gasteiger charge is 2.14. The molecule has 0 radical (unpaired) electrons. The number of nitrogens with one attached hydrogen (secondary N) is 1. The Kier molecular flexibility index (Phi) is 9.45. The van der Waals surface area contributed by atoms with Crippen molar-refractivity contribution < 1.29 is 14.3 Å². The van der Waals surface area contributed by atoms with Crippen LogP contribution in [0.1, 0.15) is 54.9 Å². The smallest absolute Gasteiger partial charge is 0.251 e. The van der Waals surface area contributed by atoms with Crippen LogP contribution in [-0.4, -0.2) is 19.6 Å². The Morgan fingerprint density at radius 1 is 1.00 bits per heavy atom. The van der Waals surface area contributed by atoms with Crippen molar-refractivity contribution in [1.29, 1.82) is 0 Å². The quantitative estimate of drug-likeness (QED) is 0.432. The maximum atomic E-state index is 12.4. The molecule has 0 atom stereocenters. The van der Waals surface area contributed by atoms with Crippen molar-refractivity contribution in [2.75, 3.05) is 13.7 Å². The van der Waals surface area contributed by atoms with Gasteiger partial charge in [-0.3, -0.25) is 4.79 Å². The molecule has 2 aromatic rings. The van der Waals surface area contributed by atoms with E-state index in [1.54, 1.807) is 19.2 Å². The van der Waals surface area contributed by atoms with E-state index < -0.39 is 0 Å². The van der Waals surface area contributed by atoms with Gasteiger partial charge in [0.2, 0.25) is 0 Å². The molecular weight excluding hydrogens is 397 g/mol. The molecule has 2 aromatic carbocycles. The highest BCUT2D eigenvalue weighted by atomic mass is 35.5. The molecule has 4 nitrogen and oxygen atoms in total. The zero-order valence-corrected chi connectivity index (χ0v) is 17.9. The number of hydrogen-bond donors (Lipinski definition) is 1. The molecule has 0 aromatic heterocycles. The minimum Gasteiger partial charge on any atom is -0.497 e. The fourth-order valence-electron chi connectivity index (χ4n) is 2.74. The maximum Gasteiger partial charge on any atom is 0.251 e. The number of ether oxygens (including phenoxy) is 2. The highest BCUT2D eigenvalue weighted by Crippen LogP contribution is 2.34. The molecule has 1 amide bonds. The monoisotopic (exact) mass is 423 g/mol. The van der Waals surface area contributed by atoms with Gasteiger partial charge in [-0.15, -0.1) is 0 Å². The molecule has 0 aliphatic carbocycles. The van der Waals surface area contributed by atoms with Gasteiger partial charge in [0, 0.05) is 12.1 Å². The zero-order chi connectivity index (χ0) is 20.4. The second kappa shape index (κ2) is 11.8. The minimum absolute atomic E-state index is 0.245. The zero-order valence-electron chi connectivity index (χ0n) is 16.4. The van der Waals surface area contributed by atoms with E-state index in [2.05, 4.69) is 12.2 Å². The van der Waals surface area contributed by atoms with Gasteiger partial charge < -0.3 is 14.8 Å². The predicted molar refractivity (Wildman–Crippen MR) is 115 cm³/mol. The molecule has 0 unspecified atom stereocenters. The fraction of sp³-hybridized carbons (Fsp3) is 0.409. The molecule has 0 saturated carbocycles. The van der Waals surface area contributed by atoms with Crippen molar-refractivity contribution in [3.8, 4) is 11.5 Å². The highest BCUT2D eigenvalue weighted by molar-refractivity contribution is 6.37. The van der Waals surface area contributed by atoms with Crippen molar-refractivity contribution in [3.05, 3.63) is 57.6 Å². The van der Waals surface area contributed by atoms with E-state index in [9.17, 15) is 4.79 Å². The minimum atomic E-state index is -0.245. The second-order valence-electron chi connectivity index (χ2n) is 6.56. The van der Waals surface area contributed by atoms with E-state index in [0.717, 1.165) is 24.2 Å². The fourth-order valence-corrected chi connectivity index (χ4v) is 3.33. The number of rotatable bonds is 11. The van der Waals surface area contributed by atoms with E-state index in [4.69, 9.17) is 32.7 Å². The number of hydrogen-bond acceptors (Lipinski definition) is 3. The Hall–Kier alpha value is -1.91. The first-order chi connectivity index (χ1) is 13.5. The Bertz CT molecular complexity index is 740. The molecule has 2 rings (SSSR count). The number of halogens is 2. The van der Waals surface area contributed by atoms with Gasteiger partial charge in [0.1, 0.15) is 5.75 Å². The molecule has 0 saturated heterocycles. The molecule has 0 bridgehead atoms. The van der Waals surface area contributed by atoms with Crippen LogP contribution in [0, 0.1) is 0 Å². The molecule has 0 fully saturated rings. The normalized spacial score (nSPS) is 10.6. The molecule has 0 aliphatic rings. The van der Waals surface area contributed by atoms with Gasteiger partial charge in [0.25, 0.3) is 5.91 Å². The van der Waals surface area contributed by atoms with Gasteiger partial charge in [0.05, 0.1) is 23.8 Å². The van der Waals surface area contributed by atoms with Crippen LogP contribution in [0.15, 0.2) is 36.4 Å². The predicted octanol–water partition coefficient (Wildman–Crippen LogP) is 6.28. The first-order valence-electron chi connectivity index (χ1n) is 9.58. The topological polar surface area (TPSA) is 47.6 Å². The van der Waals surface area contributed by atoms with Gasteiger partial charge in [-0.1, -0.05) is 67.9 Å². The van der Waals surface area contributed by atoms with Crippen molar-refractivity contribution in [2.45, 2.75) is 45.6 Å². The SMILES string of the molecule is CCCCCCCOc1c(Cl)cc(C(=O)NCc2ccc(OC)cc2)cc1Cl. The third kappa shape index (κ3) is 6.92. The summed E-state index contributed by atoms with van der Waals surface area (Å²) in [6, 6.07) is 10.7. The van der Waals surface area contributed by atoms with E-state index in [1.807, 2.05) is 24.3 Å². The standard InChI is InChI=1S/C22H27Cl2NO3/c1-3-4-5-6-7-12-28-21-19(23)13-17(14-20(21)24)22(26)25-15-16-8-10-18(27-2)11-9-16/h8-11,13-14H,3-7,12,15H2,1-2H3,(H,25,26). The summed E-state index contributed by atoms with van der Waals surface area (Å²) in [5.41, 5.74) is 1.37. The molecule has 28 heavy (non-hydrogen) atoms. The number of benzene rings is 2. The Labute approximate surface area is 177 Å². The summed E-state index contributed by atoms with van der Waals surface area (Å²) in [4.78, 5) is 12.4. The van der Waals surface area contributed by atoms with Crippen molar-refractivity contribution in [3.63, 3.8) is 0 Å². The summed E-state index contributed by atoms with van der Waals surface area (Å²) < 4.78 is 10.9. The summed E-state index contributed by atoms with van der Waals surface area (Å²) in [7, 11) is 1.62. The summed E-state index contributed by atoms with van der Waals surface area (Å²) in [5.74, 6) is 0.964.